The van der Waals surface area contributed by atoms with Crippen molar-refractivity contribution < 1.29 is 26.3 Å². The van der Waals surface area contributed by atoms with Gasteiger partial charge in [0.1, 0.15) is 5.65 Å². The molecule has 0 radical (unpaired) electrons. The smallest absolute Gasteiger partial charge is 0.346 e. The monoisotopic (exact) mass is 410 g/mol. The maximum absolute atomic E-state index is 13.2. The number of benzene rings is 1. The molecule has 0 unspecified atom stereocenters. The fourth-order valence-corrected chi connectivity index (χ4v) is 3.12. The average molecular weight is 410 g/mol. The Morgan fingerprint density at radius 1 is 0.931 bits per heavy atom. The van der Waals surface area contributed by atoms with Gasteiger partial charge in [-0.1, -0.05) is 0 Å². The maximum atomic E-state index is 13.2. The van der Waals surface area contributed by atoms with E-state index in [0.717, 1.165) is 0 Å². The van der Waals surface area contributed by atoms with Crippen LogP contribution < -0.4 is 0 Å². The van der Waals surface area contributed by atoms with E-state index < -0.39 is 23.5 Å². The lowest BCUT2D eigenvalue weighted by Crippen LogP contribution is -2.11. The summed E-state index contributed by atoms with van der Waals surface area (Å²) in [7, 11) is 0. The molecule has 150 valence electrons. The van der Waals surface area contributed by atoms with Gasteiger partial charge in [-0.2, -0.15) is 31.4 Å². The van der Waals surface area contributed by atoms with Crippen molar-refractivity contribution in [2.24, 2.45) is 0 Å². The highest BCUT2D eigenvalue weighted by Gasteiger charge is 2.37. The van der Waals surface area contributed by atoms with Crippen molar-refractivity contribution in [1.29, 1.82) is 0 Å². The normalized spacial score (nSPS) is 12.7. The van der Waals surface area contributed by atoms with Crippen LogP contribution in [0.1, 0.15) is 16.8 Å². The first-order valence-electron chi connectivity index (χ1n) is 8.32. The molecule has 0 fully saturated rings. The zero-order chi connectivity index (χ0) is 21.0. The van der Waals surface area contributed by atoms with Crippen LogP contribution >= 0.6 is 0 Å². The van der Waals surface area contributed by atoms with E-state index in [-0.39, 0.29) is 22.9 Å². The number of fused-ring (bicyclic) bond motifs is 1. The molecule has 0 bridgehead atoms. The van der Waals surface area contributed by atoms with Crippen LogP contribution in [0.3, 0.4) is 0 Å². The maximum Gasteiger partial charge on any atom is 0.416 e. The quantitative estimate of drug-likeness (QED) is 0.427. The minimum absolute atomic E-state index is 0.107. The average Bonchev–Trinajstić information content (AvgIpc) is 3.26. The molecule has 4 rings (SSSR count). The molecule has 0 saturated carbocycles. The van der Waals surface area contributed by atoms with Crippen LogP contribution in [-0.2, 0) is 12.4 Å². The molecule has 29 heavy (non-hydrogen) atoms. The highest BCUT2D eigenvalue weighted by molar-refractivity contribution is 5.84. The minimum atomic E-state index is -4.91. The first-order chi connectivity index (χ1) is 13.5. The molecule has 0 atom stereocenters. The standard InChI is InChI=1S/C19H12F6N4/c1-10-15(9-29(28-10)16-3-5-27-17-14(16)2-4-26-17)11-6-12(18(20,21)22)8-13(7-11)19(23,24)25/h2-9H,1H3,(H,26,27). The van der Waals surface area contributed by atoms with Crippen molar-refractivity contribution in [3.05, 3.63) is 65.7 Å². The highest BCUT2D eigenvalue weighted by atomic mass is 19.4. The third-order valence-corrected chi connectivity index (χ3v) is 4.48. The zero-order valence-electron chi connectivity index (χ0n) is 14.7. The van der Waals surface area contributed by atoms with Gasteiger partial charge in [-0.05, 0) is 42.8 Å². The number of nitrogens with zero attached hydrogens (tertiary/aromatic N) is 3. The summed E-state index contributed by atoms with van der Waals surface area (Å²) in [5, 5.41) is 4.99. The second kappa shape index (κ2) is 6.36. The minimum Gasteiger partial charge on any atom is -0.346 e. The van der Waals surface area contributed by atoms with Gasteiger partial charge in [0.15, 0.2) is 0 Å². The molecule has 0 saturated heterocycles. The van der Waals surface area contributed by atoms with Crippen molar-refractivity contribution >= 4 is 11.0 Å². The number of H-pyrrole nitrogens is 1. The molecule has 10 heteroatoms. The summed E-state index contributed by atoms with van der Waals surface area (Å²) in [6.07, 6.45) is -5.23. The van der Waals surface area contributed by atoms with Gasteiger partial charge in [-0.25, -0.2) is 9.67 Å². The number of nitrogens with one attached hydrogen (secondary N) is 1. The molecule has 0 aliphatic carbocycles. The van der Waals surface area contributed by atoms with E-state index in [4.69, 9.17) is 0 Å². The van der Waals surface area contributed by atoms with Crippen LogP contribution in [0.25, 0.3) is 27.8 Å². The summed E-state index contributed by atoms with van der Waals surface area (Å²) in [6, 6.07) is 4.90. The van der Waals surface area contributed by atoms with Crippen LogP contribution in [0.4, 0.5) is 26.3 Å². The Balaban J connectivity index is 1.89. The van der Waals surface area contributed by atoms with Crippen LogP contribution in [-0.4, -0.2) is 19.7 Å². The topological polar surface area (TPSA) is 46.5 Å². The van der Waals surface area contributed by atoms with Crippen molar-refractivity contribution in [2.45, 2.75) is 19.3 Å². The van der Waals surface area contributed by atoms with E-state index in [0.29, 0.717) is 28.9 Å². The first-order valence-corrected chi connectivity index (χ1v) is 8.32. The number of aromatic amines is 1. The molecule has 3 aromatic heterocycles. The van der Waals surface area contributed by atoms with Crippen LogP contribution in [0.15, 0.2) is 48.9 Å². The van der Waals surface area contributed by atoms with E-state index in [9.17, 15) is 26.3 Å². The fraction of sp³-hybridized carbons (Fsp3) is 0.158. The van der Waals surface area contributed by atoms with Crippen molar-refractivity contribution in [2.75, 3.05) is 0 Å². The number of hydrogen-bond donors (Lipinski definition) is 1. The summed E-state index contributed by atoms with van der Waals surface area (Å²) in [5.41, 5.74) is -1.32. The first kappa shape index (κ1) is 19.0. The van der Waals surface area contributed by atoms with Crippen molar-refractivity contribution in [1.82, 2.24) is 19.7 Å². The number of pyridine rings is 1. The third-order valence-electron chi connectivity index (χ3n) is 4.48. The highest BCUT2D eigenvalue weighted by Crippen LogP contribution is 2.39. The van der Waals surface area contributed by atoms with Gasteiger partial charge < -0.3 is 4.98 Å². The van der Waals surface area contributed by atoms with E-state index in [2.05, 4.69) is 15.1 Å². The Hall–Kier alpha value is -3.30. The Morgan fingerprint density at radius 3 is 2.21 bits per heavy atom. The van der Waals surface area contributed by atoms with Gasteiger partial charge in [-0.15, -0.1) is 0 Å². The SMILES string of the molecule is Cc1nn(-c2ccnc3[nH]ccc23)cc1-c1cc(C(F)(F)F)cc(C(F)(F)F)c1. The molecule has 0 amide bonds. The van der Waals surface area contributed by atoms with Gasteiger partial charge in [0.2, 0.25) is 0 Å². The predicted molar refractivity (Wildman–Crippen MR) is 93.4 cm³/mol. The molecular formula is C19H12F6N4. The van der Waals surface area contributed by atoms with Crippen LogP contribution in [0.5, 0.6) is 0 Å². The van der Waals surface area contributed by atoms with E-state index in [1.807, 2.05) is 0 Å². The molecule has 3 heterocycles. The number of alkyl halides is 6. The number of aromatic nitrogens is 4. The lowest BCUT2D eigenvalue weighted by molar-refractivity contribution is -0.143. The van der Waals surface area contributed by atoms with Gasteiger partial charge >= 0.3 is 12.4 Å². The predicted octanol–water partition coefficient (Wildman–Crippen LogP) is 5.76. The molecule has 1 aromatic carbocycles. The Labute approximate surface area is 159 Å². The Kier molecular flexibility index (Phi) is 4.18. The largest absolute Gasteiger partial charge is 0.416 e. The zero-order valence-corrected chi connectivity index (χ0v) is 14.7. The molecular weight excluding hydrogens is 398 g/mol. The fourth-order valence-electron chi connectivity index (χ4n) is 3.12. The number of aryl methyl sites for hydroxylation is 1. The third kappa shape index (κ3) is 3.45. The van der Waals surface area contributed by atoms with Crippen molar-refractivity contribution in [3.63, 3.8) is 0 Å². The molecule has 0 aliphatic rings. The summed E-state index contributed by atoms with van der Waals surface area (Å²) in [4.78, 5) is 7.07. The molecule has 0 aliphatic heterocycles. The number of rotatable bonds is 2. The van der Waals surface area contributed by atoms with Gasteiger partial charge in [-0.3, -0.25) is 0 Å². The summed E-state index contributed by atoms with van der Waals surface area (Å²) in [6.45, 7) is 1.52. The van der Waals surface area contributed by atoms with Crippen LogP contribution in [0, 0.1) is 6.92 Å². The Bertz CT molecular complexity index is 1170. The van der Waals surface area contributed by atoms with E-state index >= 15 is 0 Å². The molecule has 1 N–H and O–H groups in total. The van der Waals surface area contributed by atoms with E-state index in [1.165, 1.54) is 24.0 Å². The summed E-state index contributed by atoms with van der Waals surface area (Å²) in [5.74, 6) is 0. The van der Waals surface area contributed by atoms with Gasteiger partial charge in [0, 0.05) is 29.5 Å². The van der Waals surface area contributed by atoms with Crippen LogP contribution in [0.2, 0.25) is 0 Å². The Morgan fingerprint density at radius 2 is 1.59 bits per heavy atom. The molecule has 4 nitrogen and oxygen atoms in total. The summed E-state index contributed by atoms with van der Waals surface area (Å²) >= 11 is 0. The lowest BCUT2D eigenvalue weighted by atomic mass is 9.99. The molecule has 0 spiro atoms. The van der Waals surface area contributed by atoms with E-state index in [1.54, 1.807) is 18.3 Å². The lowest BCUT2D eigenvalue weighted by Gasteiger charge is -2.14. The second-order valence-electron chi connectivity index (χ2n) is 6.44. The van der Waals surface area contributed by atoms with Crippen molar-refractivity contribution in [3.8, 4) is 16.8 Å². The molecule has 4 aromatic rings. The number of hydrogen-bond acceptors (Lipinski definition) is 2. The van der Waals surface area contributed by atoms with Gasteiger partial charge in [0.05, 0.1) is 22.5 Å². The summed E-state index contributed by atoms with van der Waals surface area (Å²) < 4.78 is 80.4. The second-order valence-corrected chi connectivity index (χ2v) is 6.44. The van der Waals surface area contributed by atoms with Gasteiger partial charge in [0.25, 0.3) is 0 Å². The number of halogens is 6.